The van der Waals surface area contributed by atoms with Gasteiger partial charge in [-0.3, -0.25) is 0 Å². The minimum atomic E-state index is 0.427. The largest absolute Gasteiger partial charge is 0.344 e. The highest BCUT2D eigenvalue weighted by Gasteiger charge is 2.26. The van der Waals surface area contributed by atoms with Crippen molar-refractivity contribution in [3.05, 3.63) is 10.5 Å². The number of piperidine rings is 1. The van der Waals surface area contributed by atoms with E-state index in [4.69, 9.17) is 17.3 Å². The summed E-state index contributed by atoms with van der Waals surface area (Å²) in [5, 5.41) is 3.48. The Bertz CT molecular complexity index is 328. The second-order valence-electron chi connectivity index (χ2n) is 4.17. The monoisotopic (exact) mass is 245 g/mol. The van der Waals surface area contributed by atoms with Gasteiger partial charge in [0.2, 0.25) is 0 Å². The van der Waals surface area contributed by atoms with E-state index in [1.54, 1.807) is 11.3 Å². The van der Waals surface area contributed by atoms with Crippen molar-refractivity contribution < 1.29 is 0 Å². The molecule has 2 heterocycles. The Balaban J connectivity index is 2.13. The fraction of sp³-hybridized carbons (Fsp3) is 0.700. The minimum Gasteiger partial charge on any atom is -0.344 e. The van der Waals surface area contributed by atoms with Crippen LogP contribution >= 0.6 is 22.9 Å². The van der Waals surface area contributed by atoms with Gasteiger partial charge in [-0.15, -0.1) is 11.3 Å². The fourth-order valence-corrected chi connectivity index (χ4v) is 3.15. The molecule has 0 spiro atoms. The zero-order valence-corrected chi connectivity index (χ0v) is 10.4. The molecule has 0 aliphatic carbocycles. The number of anilines is 1. The van der Waals surface area contributed by atoms with Gasteiger partial charge in [0, 0.05) is 24.5 Å². The molecule has 1 aromatic heterocycles. The molecule has 2 atom stereocenters. The molecule has 1 aromatic rings. The molecule has 2 rings (SSSR count). The van der Waals surface area contributed by atoms with E-state index in [9.17, 15) is 0 Å². The molecule has 1 aliphatic heterocycles. The molecule has 0 bridgehead atoms. The number of nitrogens with two attached hydrogens (primary N) is 1. The number of nitrogens with zero attached hydrogens (tertiary/aromatic N) is 2. The van der Waals surface area contributed by atoms with Crippen molar-refractivity contribution in [1.29, 1.82) is 0 Å². The van der Waals surface area contributed by atoms with E-state index in [-0.39, 0.29) is 0 Å². The van der Waals surface area contributed by atoms with Crippen molar-refractivity contribution in [3.63, 3.8) is 0 Å². The van der Waals surface area contributed by atoms with Gasteiger partial charge < -0.3 is 10.6 Å². The molecule has 84 valence electrons. The summed E-state index contributed by atoms with van der Waals surface area (Å²) in [5.41, 5.74) is 5.80. The third-order valence-corrected chi connectivity index (χ3v) is 4.16. The van der Waals surface area contributed by atoms with Crippen LogP contribution in [-0.2, 0) is 0 Å². The molecule has 1 fully saturated rings. The highest BCUT2D eigenvalue weighted by molar-refractivity contribution is 7.14. The van der Waals surface area contributed by atoms with E-state index < -0.39 is 0 Å². The summed E-state index contributed by atoms with van der Waals surface area (Å²) in [7, 11) is 0. The third kappa shape index (κ3) is 2.44. The molecule has 0 amide bonds. The molecular formula is C10H16ClN3S. The Labute approximate surface area is 99.2 Å². The Morgan fingerprint density at radius 3 is 3.13 bits per heavy atom. The summed E-state index contributed by atoms with van der Waals surface area (Å²) in [6, 6.07) is 0.427. The lowest BCUT2D eigenvalue weighted by atomic mass is 9.93. The lowest BCUT2D eigenvalue weighted by molar-refractivity contribution is 0.366. The zero-order chi connectivity index (χ0) is 10.8. The topological polar surface area (TPSA) is 42.2 Å². The van der Waals surface area contributed by atoms with Crippen molar-refractivity contribution in [2.45, 2.75) is 25.8 Å². The van der Waals surface area contributed by atoms with Crippen molar-refractivity contribution in [2.75, 3.05) is 18.0 Å². The molecule has 2 unspecified atom stereocenters. The van der Waals surface area contributed by atoms with Crippen LogP contribution in [0.4, 0.5) is 5.13 Å². The number of hydrogen-bond donors (Lipinski definition) is 1. The maximum atomic E-state index is 5.84. The summed E-state index contributed by atoms with van der Waals surface area (Å²) in [5.74, 6) is 0.769. The van der Waals surface area contributed by atoms with E-state index in [0.717, 1.165) is 24.0 Å². The maximum absolute atomic E-state index is 5.84. The number of halogens is 1. The first kappa shape index (κ1) is 11.2. The van der Waals surface area contributed by atoms with Gasteiger partial charge in [0.1, 0.15) is 5.15 Å². The van der Waals surface area contributed by atoms with Crippen LogP contribution in [0.15, 0.2) is 5.38 Å². The van der Waals surface area contributed by atoms with Gasteiger partial charge >= 0.3 is 0 Å². The van der Waals surface area contributed by atoms with E-state index in [0.29, 0.717) is 17.7 Å². The normalized spacial score (nSPS) is 27.0. The smallest absolute Gasteiger partial charge is 0.187 e. The van der Waals surface area contributed by atoms with E-state index in [2.05, 4.69) is 16.8 Å². The Morgan fingerprint density at radius 1 is 1.73 bits per heavy atom. The van der Waals surface area contributed by atoms with Crippen LogP contribution in [0.1, 0.15) is 19.8 Å². The number of hydrogen-bond acceptors (Lipinski definition) is 4. The highest BCUT2D eigenvalue weighted by atomic mass is 35.5. The number of aromatic nitrogens is 1. The molecule has 0 aromatic carbocycles. The van der Waals surface area contributed by atoms with Crippen LogP contribution < -0.4 is 10.6 Å². The molecule has 0 saturated carbocycles. The van der Waals surface area contributed by atoms with E-state index in [1.807, 2.05) is 5.38 Å². The van der Waals surface area contributed by atoms with E-state index >= 15 is 0 Å². The average molecular weight is 246 g/mol. The molecule has 0 radical (unpaired) electrons. The molecule has 2 N–H and O–H groups in total. The van der Waals surface area contributed by atoms with Crippen molar-refractivity contribution in [3.8, 4) is 0 Å². The molecule has 5 heteroatoms. The molecule has 1 aliphatic rings. The standard InChI is InChI=1S/C10H16ClN3S/c1-7-2-3-14(8(4-7)5-12)10-13-9(11)6-15-10/h6-8H,2-5,12H2,1H3. The van der Waals surface area contributed by atoms with Crippen molar-refractivity contribution >= 4 is 28.1 Å². The summed E-state index contributed by atoms with van der Waals surface area (Å²) < 4.78 is 0. The molecule has 3 nitrogen and oxygen atoms in total. The second-order valence-corrected chi connectivity index (χ2v) is 5.39. The number of thiazole rings is 1. The summed E-state index contributed by atoms with van der Waals surface area (Å²) in [6.07, 6.45) is 2.38. The van der Waals surface area contributed by atoms with Gasteiger partial charge in [-0.25, -0.2) is 4.98 Å². The summed E-state index contributed by atoms with van der Waals surface area (Å²) in [6.45, 7) is 4.03. The zero-order valence-electron chi connectivity index (χ0n) is 8.82. The second kappa shape index (κ2) is 4.68. The van der Waals surface area contributed by atoms with Crippen LogP contribution in [0, 0.1) is 5.92 Å². The van der Waals surface area contributed by atoms with Gasteiger partial charge in [0.25, 0.3) is 0 Å². The van der Waals surface area contributed by atoms with E-state index in [1.165, 1.54) is 6.42 Å². The predicted octanol–water partition coefficient (Wildman–Crippen LogP) is 2.36. The highest BCUT2D eigenvalue weighted by Crippen LogP contribution is 2.30. The minimum absolute atomic E-state index is 0.427. The molecular weight excluding hydrogens is 230 g/mol. The predicted molar refractivity (Wildman–Crippen MR) is 65.7 cm³/mol. The Hall–Kier alpha value is -0.320. The number of rotatable bonds is 2. The van der Waals surface area contributed by atoms with Crippen LogP contribution in [0.5, 0.6) is 0 Å². The van der Waals surface area contributed by atoms with Gasteiger partial charge in [-0.1, -0.05) is 18.5 Å². The van der Waals surface area contributed by atoms with Crippen LogP contribution in [-0.4, -0.2) is 24.1 Å². The molecule has 15 heavy (non-hydrogen) atoms. The van der Waals surface area contributed by atoms with Gasteiger partial charge in [0.05, 0.1) is 0 Å². The first-order valence-corrected chi connectivity index (χ1v) is 6.54. The van der Waals surface area contributed by atoms with Crippen LogP contribution in [0.2, 0.25) is 5.15 Å². The van der Waals surface area contributed by atoms with Crippen molar-refractivity contribution in [1.82, 2.24) is 4.98 Å². The molecule has 1 saturated heterocycles. The Kier molecular flexibility index (Phi) is 3.49. The van der Waals surface area contributed by atoms with Gasteiger partial charge in [-0.05, 0) is 18.8 Å². The lowest BCUT2D eigenvalue weighted by Crippen LogP contribution is -2.46. The fourth-order valence-electron chi connectivity index (χ4n) is 2.10. The SMILES string of the molecule is CC1CCN(c2nc(Cl)cs2)C(CN)C1. The van der Waals surface area contributed by atoms with Gasteiger partial charge in [-0.2, -0.15) is 0 Å². The van der Waals surface area contributed by atoms with Gasteiger partial charge in [0.15, 0.2) is 5.13 Å². The summed E-state index contributed by atoms with van der Waals surface area (Å²) >= 11 is 7.44. The first-order valence-electron chi connectivity index (χ1n) is 5.28. The van der Waals surface area contributed by atoms with Crippen LogP contribution in [0.25, 0.3) is 0 Å². The third-order valence-electron chi connectivity index (χ3n) is 2.96. The summed E-state index contributed by atoms with van der Waals surface area (Å²) in [4.78, 5) is 6.61. The maximum Gasteiger partial charge on any atom is 0.187 e. The average Bonchev–Trinajstić information content (AvgIpc) is 2.64. The quantitative estimate of drug-likeness (QED) is 0.870. The first-order chi connectivity index (χ1) is 7.20. The van der Waals surface area contributed by atoms with Crippen LogP contribution in [0.3, 0.4) is 0 Å². The Morgan fingerprint density at radius 2 is 2.53 bits per heavy atom. The van der Waals surface area contributed by atoms with Crippen molar-refractivity contribution in [2.24, 2.45) is 11.7 Å². The lowest BCUT2D eigenvalue weighted by Gasteiger charge is -2.37.